The van der Waals surface area contributed by atoms with Gasteiger partial charge >= 0.3 is 5.97 Å². The lowest BCUT2D eigenvalue weighted by Gasteiger charge is -2.35. The van der Waals surface area contributed by atoms with Gasteiger partial charge in [0.2, 0.25) is 11.8 Å². The Bertz CT molecular complexity index is 336. The highest BCUT2D eigenvalue weighted by molar-refractivity contribution is 5.96. The first kappa shape index (κ1) is 14.4. The Labute approximate surface area is 105 Å². The Hall–Kier alpha value is -1.63. The zero-order chi connectivity index (χ0) is 13.7. The monoisotopic (exact) mass is 258 g/mol. The third-order valence-corrected chi connectivity index (χ3v) is 2.95. The van der Waals surface area contributed by atoms with Gasteiger partial charge in [0.25, 0.3) is 0 Å². The van der Waals surface area contributed by atoms with Crippen molar-refractivity contribution in [2.24, 2.45) is 5.92 Å². The molecule has 1 N–H and O–H groups in total. The van der Waals surface area contributed by atoms with Crippen LogP contribution in [-0.4, -0.2) is 72.6 Å². The van der Waals surface area contributed by atoms with Crippen molar-refractivity contribution in [3.05, 3.63) is 0 Å². The van der Waals surface area contributed by atoms with Gasteiger partial charge in [0.05, 0.1) is 0 Å². The number of ether oxygens (including phenoxy) is 1. The fourth-order valence-electron chi connectivity index (χ4n) is 1.77. The van der Waals surface area contributed by atoms with Crippen LogP contribution in [0.3, 0.4) is 0 Å². The number of carboxylic acid groups (broad SMARTS) is 1. The zero-order valence-corrected chi connectivity index (χ0v) is 10.6. The highest BCUT2D eigenvalue weighted by Gasteiger charge is 2.29. The standard InChI is InChI=1S/C11H18N2O5/c1-8(11(16)17)10(15)13-5-3-12(4-6-13)9(14)7-18-2/h8H,3-7H2,1-2H3,(H,16,17). The van der Waals surface area contributed by atoms with Crippen LogP contribution in [0.4, 0.5) is 0 Å². The van der Waals surface area contributed by atoms with Crippen molar-refractivity contribution in [3.8, 4) is 0 Å². The number of nitrogens with zero attached hydrogens (tertiary/aromatic N) is 2. The number of amides is 2. The van der Waals surface area contributed by atoms with Crippen LogP contribution in [0.15, 0.2) is 0 Å². The molecule has 0 aromatic heterocycles. The molecule has 1 atom stereocenters. The van der Waals surface area contributed by atoms with Gasteiger partial charge in [0.1, 0.15) is 12.5 Å². The summed E-state index contributed by atoms with van der Waals surface area (Å²) >= 11 is 0. The van der Waals surface area contributed by atoms with E-state index < -0.39 is 17.8 Å². The molecule has 18 heavy (non-hydrogen) atoms. The van der Waals surface area contributed by atoms with Gasteiger partial charge in [0, 0.05) is 33.3 Å². The average Bonchev–Trinajstić information content (AvgIpc) is 2.37. The molecular formula is C11H18N2O5. The van der Waals surface area contributed by atoms with Crippen molar-refractivity contribution in [1.82, 2.24) is 9.80 Å². The predicted octanol–water partition coefficient (Wildman–Crippen LogP) is -0.976. The smallest absolute Gasteiger partial charge is 0.315 e. The Kier molecular flexibility index (Phi) is 5.08. The number of piperazine rings is 1. The van der Waals surface area contributed by atoms with E-state index in [2.05, 4.69) is 0 Å². The van der Waals surface area contributed by atoms with Crippen molar-refractivity contribution in [1.29, 1.82) is 0 Å². The molecule has 0 aliphatic carbocycles. The maximum atomic E-state index is 11.8. The lowest BCUT2D eigenvalue weighted by atomic mass is 10.1. The number of rotatable bonds is 4. The van der Waals surface area contributed by atoms with E-state index in [1.165, 1.54) is 18.9 Å². The van der Waals surface area contributed by atoms with E-state index in [-0.39, 0.29) is 12.5 Å². The third-order valence-electron chi connectivity index (χ3n) is 2.95. The molecule has 1 saturated heterocycles. The first-order chi connectivity index (χ1) is 8.47. The maximum Gasteiger partial charge on any atom is 0.315 e. The number of carbonyl (C=O) groups is 3. The van der Waals surface area contributed by atoms with Crippen LogP contribution in [0.25, 0.3) is 0 Å². The van der Waals surface area contributed by atoms with Crippen molar-refractivity contribution < 1.29 is 24.2 Å². The molecule has 102 valence electrons. The molecular weight excluding hydrogens is 240 g/mol. The van der Waals surface area contributed by atoms with Gasteiger partial charge in [-0.25, -0.2) is 0 Å². The molecule has 7 heteroatoms. The second kappa shape index (κ2) is 6.34. The SMILES string of the molecule is COCC(=O)N1CCN(C(=O)C(C)C(=O)O)CC1. The summed E-state index contributed by atoms with van der Waals surface area (Å²) in [4.78, 5) is 37.1. The molecule has 0 bridgehead atoms. The Morgan fingerprint density at radius 3 is 2.11 bits per heavy atom. The molecule has 0 spiro atoms. The highest BCUT2D eigenvalue weighted by Crippen LogP contribution is 2.08. The van der Waals surface area contributed by atoms with Gasteiger partial charge in [-0.15, -0.1) is 0 Å². The molecule has 0 radical (unpaired) electrons. The molecule has 1 fully saturated rings. The summed E-state index contributed by atoms with van der Waals surface area (Å²) in [6.07, 6.45) is 0. The number of methoxy groups -OCH3 is 1. The molecule has 1 heterocycles. The molecule has 1 unspecified atom stereocenters. The molecule has 0 aromatic rings. The Balaban J connectivity index is 2.46. The quantitative estimate of drug-likeness (QED) is 0.655. The summed E-state index contributed by atoms with van der Waals surface area (Å²) in [5.74, 6) is -2.68. The number of carbonyl (C=O) groups excluding carboxylic acids is 2. The first-order valence-electron chi connectivity index (χ1n) is 5.75. The third kappa shape index (κ3) is 3.43. The number of carboxylic acids is 1. The molecule has 2 amide bonds. The number of hydrogen-bond acceptors (Lipinski definition) is 4. The van der Waals surface area contributed by atoms with Crippen molar-refractivity contribution in [2.75, 3.05) is 39.9 Å². The fraction of sp³-hybridized carbons (Fsp3) is 0.727. The topological polar surface area (TPSA) is 87.2 Å². The molecule has 0 aromatic carbocycles. The van der Waals surface area contributed by atoms with Crippen LogP contribution in [-0.2, 0) is 19.1 Å². The van der Waals surface area contributed by atoms with E-state index in [9.17, 15) is 14.4 Å². The number of aliphatic carboxylic acids is 1. The van der Waals surface area contributed by atoms with Gasteiger partial charge in [-0.3, -0.25) is 14.4 Å². The van der Waals surface area contributed by atoms with Crippen LogP contribution in [0.5, 0.6) is 0 Å². The van der Waals surface area contributed by atoms with E-state index in [0.717, 1.165) is 0 Å². The second-order valence-corrected chi connectivity index (χ2v) is 4.20. The van der Waals surface area contributed by atoms with Crippen LogP contribution < -0.4 is 0 Å². The summed E-state index contributed by atoms with van der Waals surface area (Å²) in [5.41, 5.74) is 0. The second-order valence-electron chi connectivity index (χ2n) is 4.20. The van der Waals surface area contributed by atoms with Crippen LogP contribution >= 0.6 is 0 Å². The summed E-state index contributed by atoms with van der Waals surface area (Å²) < 4.78 is 4.75. The van der Waals surface area contributed by atoms with Gasteiger partial charge in [0.15, 0.2) is 0 Å². The predicted molar refractivity (Wildman–Crippen MR) is 61.8 cm³/mol. The summed E-state index contributed by atoms with van der Waals surface area (Å²) in [5, 5.41) is 8.76. The van der Waals surface area contributed by atoms with E-state index in [1.54, 1.807) is 4.90 Å². The van der Waals surface area contributed by atoms with Gasteiger partial charge in [-0.1, -0.05) is 0 Å². The van der Waals surface area contributed by atoms with Crippen molar-refractivity contribution in [3.63, 3.8) is 0 Å². The molecule has 7 nitrogen and oxygen atoms in total. The summed E-state index contributed by atoms with van der Waals surface area (Å²) in [6, 6.07) is 0. The minimum absolute atomic E-state index is 0.0273. The zero-order valence-electron chi connectivity index (χ0n) is 10.6. The minimum atomic E-state index is -1.13. The van der Waals surface area contributed by atoms with E-state index in [0.29, 0.717) is 26.2 Å². The maximum absolute atomic E-state index is 11.8. The minimum Gasteiger partial charge on any atom is -0.481 e. The largest absolute Gasteiger partial charge is 0.481 e. The lowest BCUT2D eigenvalue weighted by Crippen LogP contribution is -2.53. The lowest BCUT2D eigenvalue weighted by molar-refractivity contribution is -0.152. The van der Waals surface area contributed by atoms with Gasteiger partial charge in [-0.05, 0) is 6.92 Å². The van der Waals surface area contributed by atoms with Crippen molar-refractivity contribution in [2.45, 2.75) is 6.92 Å². The average molecular weight is 258 g/mol. The van der Waals surface area contributed by atoms with E-state index in [4.69, 9.17) is 9.84 Å². The van der Waals surface area contributed by atoms with Crippen molar-refractivity contribution >= 4 is 17.8 Å². The van der Waals surface area contributed by atoms with Crippen LogP contribution in [0, 0.1) is 5.92 Å². The fourth-order valence-corrected chi connectivity index (χ4v) is 1.77. The highest BCUT2D eigenvalue weighted by atomic mass is 16.5. The molecule has 0 saturated carbocycles. The Morgan fingerprint density at radius 2 is 1.67 bits per heavy atom. The molecule has 1 aliphatic heterocycles. The van der Waals surface area contributed by atoms with Gasteiger partial charge in [-0.2, -0.15) is 0 Å². The molecule has 1 rings (SSSR count). The van der Waals surface area contributed by atoms with Crippen LogP contribution in [0.2, 0.25) is 0 Å². The Morgan fingerprint density at radius 1 is 1.17 bits per heavy atom. The molecule has 1 aliphatic rings. The first-order valence-corrected chi connectivity index (χ1v) is 5.75. The normalized spacial score (nSPS) is 17.4. The summed E-state index contributed by atoms with van der Waals surface area (Å²) in [6.45, 7) is 2.96. The van der Waals surface area contributed by atoms with Crippen LogP contribution in [0.1, 0.15) is 6.92 Å². The van der Waals surface area contributed by atoms with Gasteiger partial charge < -0.3 is 19.6 Å². The van der Waals surface area contributed by atoms with E-state index >= 15 is 0 Å². The van der Waals surface area contributed by atoms with E-state index in [1.807, 2.05) is 0 Å². The number of hydrogen-bond donors (Lipinski definition) is 1. The summed E-state index contributed by atoms with van der Waals surface area (Å²) in [7, 11) is 1.45.